The number of amides is 1. The van der Waals surface area contributed by atoms with Gasteiger partial charge in [-0.05, 0) is 31.0 Å². The number of carbonyl (C=O) groups excluding carboxylic acids is 2. The van der Waals surface area contributed by atoms with Crippen LogP contribution in [-0.4, -0.2) is 29.7 Å². The first kappa shape index (κ1) is 14.3. The second-order valence-corrected chi connectivity index (χ2v) is 5.84. The largest absolute Gasteiger partial charge is 0.337 e. The molecule has 0 aromatic heterocycles. The maximum atomic E-state index is 12.5. The first-order chi connectivity index (χ1) is 9.04. The summed E-state index contributed by atoms with van der Waals surface area (Å²) in [7, 11) is 0. The predicted octanol–water partition coefficient (Wildman–Crippen LogP) is 3.20. The van der Waals surface area contributed by atoms with Crippen LogP contribution in [-0.2, 0) is 4.79 Å². The van der Waals surface area contributed by atoms with Crippen LogP contribution in [0.25, 0.3) is 0 Å². The lowest BCUT2D eigenvalue weighted by Gasteiger charge is -2.31. The summed E-state index contributed by atoms with van der Waals surface area (Å²) in [5, 5.41) is 0. The third-order valence-electron chi connectivity index (χ3n) is 3.80. The fraction of sp³-hybridized carbons (Fsp3) is 0.467. The summed E-state index contributed by atoms with van der Waals surface area (Å²) in [6.07, 6.45) is 1.29. The van der Waals surface area contributed by atoms with Crippen LogP contribution in [0.1, 0.15) is 35.7 Å². The lowest BCUT2D eigenvalue weighted by atomic mass is 9.93. The van der Waals surface area contributed by atoms with Crippen LogP contribution in [0, 0.1) is 12.8 Å². The molecule has 102 valence electrons. The molecule has 1 atom stereocenters. The lowest BCUT2D eigenvalue weighted by Crippen LogP contribution is -2.44. The van der Waals surface area contributed by atoms with Crippen molar-refractivity contribution in [3.63, 3.8) is 0 Å². The molecule has 1 saturated heterocycles. The first-order valence-electron chi connectivity index (χ1n) is 6.61. The Morgan fingerprint density at radius 3 is 2.89 bits per heavy atom. The van der Waals surface area contributed by atoms with Crippen LogP contribution >= 0.6 is 15.9 Å². The summed E-state index contributed by atoms with van der Waals surface area (Å²) in [4.78, 5) is 26.1. The van der Waals surface area contributed by atoms with Gasteiger partial charge < -0.3 is 4.90 Å². The molecule has 1 aliphatic rings. The van der Waals surface area contributed by atoms with Crippen molar-refractivity contribution in [3.05, 3.63) is 33.8 Å². The number of nitrogens with zero attached hydrogens (tertiary/aromatic N) is 1. The molecule has 4 heteroatoms. The van der Waals surface area contributed by atoms with E-state index in [0.717, 1.165) is 22.0 Å². The van der Waals surface area contributed by atoms with Crippen molar-refractivity contribution in [3.8, 4) is 0 Å². The first-order valence-corrected chi connectivity index (χ1v) is 7.41. The maximum Gasteiger partial charge on any atom is 0.254 e. The highest BCUT2D eigenvalue weighted by molar-refractivity contribution is 9.10. The van der Waals surface area contributed by atoms with E-state index in [4.69, 9.17) is 0 Å². The number of benzene rings is 1. The Labute approximate surface area is 122 Å². The molecule has 1 aromatic carbocycles. The van der Waals surface area contributed by atoms with Crippen molar-refractivity contribution in [2.75, 3.05) is 13.1 Å². The number of piperidine rings is 1. The topological polar surface area (TPSA) is 37.4 Å². The van der Waals surface area contributed by atoms with Crippen molar-refractivity contribution in [2.45, 2.75) is 26.7 Å². The second kappa shape index (κ2) is 5.87. The molecule has 0 N–H and O–H groups in total. The van der Waals surface area contributed by atoms with Gasteiger partial charge in [0.05, 0.1) is 0 Å². The molecule has 1 aromatic rings. The smallest absolute Gasteiger partial charge is 0.254 e. The van der Waals surface area contributed by atoms with Crippen LogP contribution < -0.4 is 0 Å². The van der Waals surface area contributed by atoms with Gasteiger partial charge in [0, 0.05) is 35.5 Å². The van der Waals surface area contributed by atoms with Crippen molar-refractivity contribution in [2.24, 2.45) is 5.92 Å². The minimum Gasteiger partial charge on any atom is -0.337 e. The fourth-order valence-electron chi connectivity index (χ4n) is 2.46. The molecule has 0 saturated carbocycles. The minimum absolute atomic E-state index is 0.00478. The van der Waals surface area contributed by atoms with Gasteiger partial charge in [0.1, 0.15) is 5.78 Å². The normalized spacial score (nSPS) is 19.6. The average Bonchev–Trinajstić information content (AvgIpc) is 2.41. The van der Waals surface area contributed by atoms with E-state index in [1.165, 1.54) is 0 Å². The Kier molecular flexibility index (Phi) is 4.40. The van der Waals surface area contributed by atoms with Crippen LogP contribution in [0.15, 0.2) is 22.7 Å². The van der Waals surface area contributed by atoms with Crippen molar-refractivity contribution >= 4 is 27.6 Å². The monoisotopic (exact) mass is 323 g/mol. The highest BCUT2D eigenvalue weighted by atomic mass is 79.9. The van der Waals surface area contributed by atoms with E-state index in [2.05, 4.69) is 15.9 Å². The Bertz CT molecular complexity index is 513. The molecule has 2 rings (SSSR count). The summed E-state index contributed by atoms with van der Waals surface area (Å²) in [5.74, 6) is 0.326. The number of hydrogen-bond donors (Lipinski definition) is 0. The molecule has 0 spiro atoms. The summed E-state index contributed by atoms with van der Waals surface area (Å²) in [6.45, 7) is 5.03. The molecule has 0 aliphatic carbocycles. The zero-order valence-corrected chi connectivity index (χ0v) is 12.9. The SMILES string of the molecule is CCC1CN(C(=O)c2cccc(Br)c2C)CCC1=O. The Balaban J connectivity index is 2.20. The van der Waals surface area contributed by atoms with Crippen LogP contribution in [0.2, 0.25) is 0 Å². The zero-order valence-electron chi connectivity index (χ0n) is 11.3. The highest BCUT2D eigenvalue weighted by Gasteiger charge is 2.29. The number of halogens is 1. The van der Waals surface area contributed by atoms with Gasteiger partial charge >= 0.3 is 0 Å². The summed E-state index contributed by atoms with van der Waals surface area (Å²) in [6, 6.07) is 5.65. The molecule has 1 aliphatic heterocycles. The number of Topliss-reactive ketones (excluding diaryl/α,β-unsaturated/α-hetero) is 1. The highest BCUT2D eigenvalue weighted by Crippen LogP contribution is 2.23. The van der Waals surface area contributed by atoms with Gasteiger partial charge in [0.2, 0.25) is 0 Å². The van der Waals surface area contributed by atoms with E-state index >= 15 is 0 Å². The lowest BCUT2D eigenvalue weighted by molar-refractivity contribution is -0.125. The van der Waals surface area contributed by atoms with Gasteiger partial charge in [0.25, 0.3) is 5.91 Å². The molecule has 1 amide bonds. The van der Waals surface area contributed by atoms with Crippen LogP contribution in [0.4, 0.5) is 0 Å². The van der Waals surface area contributed by atoms with Gasteiger partial charge in [0.15, 0.2) is 0 Å². The van der Waals surface area contributed by atoms with E-state index in [1.807, 2.05) is 36.9 Å². The summed E-state index contributed by atoms with van der Waals surface area (Å²) < 4.78 is 0.943. The Morgan fingerprint density at radius 1 is 1.47 bits per heavy atom. The standard InChI is InChI=1S/C15H18BrNO2/c1-3-11-9-17(8-7-14(11)18)15(19)12-5-4-6-13(16)10(12)2/h4-6,11H,3,7-9H2,1-2H3. The van der Waals surface area contributed by atoms with Gasteiger partial charge in [-0.15, -0.1) is 0 Å². The third-order valence-corrected chi connectivity index (χ3v) is 4.66. The summed E-state index contributed by atoms with van der Waals surface area (Å²) >= 11 is 3.45. The van der Waals surface area contributed by atoms with Crippen LogP contribution in [0.5, 0.6) is 0 Å². The van der Waals surface area contributed by atoms with E-state index in [1.54, 1.807) is 0 Å². The van der Waals surface area contributed by atoms with Crippen molar-refractivity contribution in [1.29, 1.82) is 0 Å². The molecule has 1 heterocycles. The second-order valence-electron chi connectivity index (χ2n) is 4.99. The molecular formula is C15H18BrNO2. The fourth-order valence-corrected chi connectivity index (χ4v) is 2.83. The van der Waals surface area contributed by atoms with Gasteiger partial charge in [-0.3, -0.25) is 9.59 Å². The molecular weight excluding hydrogens is 306 g/mol. The predicted molar refractivity (Wildman–Crippen MR) is 78.2 cm³/mol. The Morgan fingerprint density at radius 2 is 2.21 bits per heavy atom. The number of ketones is 1. The maximum absolute atomic E-state index is 12.5. The van der Waals surface area contributed by atoms with Gasteiger partial charge in [-0.25, -0.2) is 0 Å². The molecule has 0 radical (unpaired) electrons. The minimum atomic E-state index is 0.00478. The van der Waals surface area contributed by atoms with Crippen LogP contribution in [0.3, 0.4) is 0 Å². The summed E-state index contributed by atoms with van der Waals surface area (Å²) in [5.41, 5.74) is 1.68. The quantitative estimate of drug-likeness (QED) is 0.838. The molecule has 1 fully saturated rings. The third kappa shape index (κ3) is 2.89. The van der Waals surface area contributed by atoms with E-state index in [-0.39, 0.29) is 17.6 Å². The number of hydrogen-bond acceptors (Lipinski definition) is 2. The van der Waals surface area contributed by atoms with E-state index < -0.39 is 0 Å². The van der Waals surface area contributed by atoms with Crippen molar-refractivity contribution in [1.82, 2.24) is 4.90 Å². The Hall–Kier alpha value is -1.16. The molecule has 19 heavy (non-hydrogen) atoms. The zero-order chi connectivity index (χ0) is 14.0. The van der Waals surface area contributed by atoms with Crippen molar-refractivity contribution < 1.29 is 9.59 Å². The van der Waals surface area contributed by atoms with Gasteiger partial charge in [-0.1, -0.05) is 28.9 Å². The number of carbonyl (C=O) groups is 2. The molecule has 1 unspecified atom stereocenters. The van der Waals surface area contributed by atoms with E-state index in [0.29, 0.717) is 19.5 Å². The average molecular weight is 324 g/mol. The molecule has 3 nitrogen and oxygen atoms in total. The molecule has 0 bridgehead atoms. The number of rotatable bonds is 2. The number of likely N-dealkylation sites (tertiary alicyclic amines) is 1. The van der Waals surface area contributed by atoms with E-state index in [9.17, 15) is 9.59 Å². The van der Waals surface area contributed by atoms with Gasteiger partial charge in [-0.2, -0.15) is 0 Å².